The molecule has 7 heteroatoms. The lowest BCUT2D eigenvalue weighted by molar-refractivity contribution is -0.142. The van der Waals surface area contributed by atoms with Gasteiger partial charge in [0.25, 0.3) is 0 Å². The summed E-state index contributed by atoms with van der Waals surface area (Å²) < 4.78 is 85.7. The van der Waals surface area contributed by atoms with Crippen molar-refractivity contribution in [2.45, 2.75) is 19.5 Å². The fourth-order valence-corrected chi connectivity index (χ4v) is 2.89. The van der Waals surface area contributed by atoms with Gasteiger partial charge in [0.2, 0.25) is 0 Å². The standard InChI is InChI=1S/C22H16F6O/c1-2-9-29-16-6-3-13(4-7-16)14-5-8-17(18(23)10-14)15-11-19(24)21(20(25)12-15)22(26,27)28/h3-8,10-12H,2,9H2,1H3. The number of halogens is 6. The molecule has 0 atom stereocenters. The molecule has 0 amide bonds. The minimum atomic E-state index is -5.18. The molecular formula is C22H16F6O. The summed E-state index contributed by atoms with van der Waals surface area (Å²) in [7, 11) is 0. The van der Waals surface area contributed by atoms with Gasteiger partial charge in [0.15, 0.2) is 0 Å². The van der Waals surface area contributed by atoms with Gasteiger partial charge in [0.05, 0.1) is 6.61 Å². The van der Waals surface area contributed by atoms with Crippen LogP contribution in [-0.2, 0) is 6.18 Å². The number of hydrogen-bond donors (Lipinski definition) is 0. The Labute approximate surface area is 163 Å². The average molecular weight is 410 g/mol. The second-order valence-corrected chi connectivity index (χ2v) is 6.38. The van der Waals surface area contributed by atoms with Crippen LogP contribution < -0.4 is 4.74 Å². The number of rotatable bonds is 5. The Hall–Kier alpha value is -2.96. The van der Waals surface area contributed by atoms with Crippen LogP contribution >= 0.6 is 0 Å². The number of hydrogen-bond acceptors (Lipinski definition) is 1. The van der Waals surface area contributed by atoms with Gasteiger partial charge in [-0.1, -0.05) is 31.2 Å². The lowest BCUT2D eigenvalue weighted by atomic mass is 9.98. The molecule has 0 unspecified atom stereocenters. The highest BCUT2D eigenvalue weighted by Gasteiger charge is 2.38. The van der Waals surface area contributed by atoms with Gasteiger partial charge >= 0.3 is 6.18 Å². The molecule has 0 aromatic heterocycles. The third kappa shape index (κ3) is 4.55. The molecule has 0 aliphatic heterocycles. The molecule has 0 spiro atoms. The van der Waals surface area contributed by atoms with Crippen LogP contribution in [-0.4, -0.2) is 6.61 Å². The highest BCUT2D eigenvalue weighted by molar-refractivity contribution is 5.71. The molecule has 0 bridgehead atoms. The first kappa shape index (κ1) is 20.8. The largest absolute Gasteiger partial charge is 0.494 e. The van der Waals surface area contributed by atoms with Crippen LogP contribution in [0.3, 0.4) is 0 Å². The summed E-state index contributed by atoms with van der Waals surface area (Å²) in [6, 6.07) is 11.8. The van der Waals surface area contributed by atoms with E-state index in [0.717, 1.165) is 12.5 Å². The van der Waals surface area contributed by atoms with Crippen LogP contribution in [0.2, 0.25) is 0 Å². The predicted octanol–water partition coefficient (Wildman–Crippen LogP) is 7.25. The zero-order valence-electron chi connectivity index (χ0n) is 15.3. The molecule has 1 nitrogen and oxygen atoms in total. The van der Waals surface area contributed by atoms with E-state index in [4.69, 9.17) is 4.74 Å². The van der Waals surface area contributed by atoms with Crippen LogP contribution in [0.25, 0.3) is 22.3 Å². The monoisotopic (exact) mass is 410 g/mol. The van der Waals surface area contributed by atoms with Crippen molar-refractivity contribution >= 4 is 0 Å². The van der Waals surface area contributed by atoms with Gasteiger partial charge in [0.1, 0.15) is 28.8 Å². The topological polar surface area (TPSA) is 9.23 Å². The summed E-state index contributed by atoms with van der Waals surface area (Å²) in [6.45, 7) is 2.55. The average Bonchev–Trinajstić information content (AvgIpc) is 2.65. The molecule has 0 heterocycles. The minimum Gasteiger partial charge on any atom is -0.494 e. The van der Waals surface area contributed by atoms with Gasteiger partial charge in [-0.15, -0.1) is 0 Å². The van der Waals surface area contributed by atoms with Crippen LogP contribution in [0.5, 0.6) is 5.75 Å². The van der Waals surface area contributed by atoms with E-state index in [0.29, 0.717) is 35.6 Å². The second-order valence-electron chi connectivity index (χ2n) is 6.38. The van der Waals surface area contributed by atoms with E-state index in [-0.39, 0.29) is 11.1 Å². The molecular weight excluding hydrogens is 394 g/mol. The molecule has 29 heavy (non-hydrogen) atoms. The first-order valence-electron chi connectivity index (χ1n) is 8.80. The maximum Gasteiger partial charge on any atom is 0.422 e. The van der Waals surface area contributed by atoms with E-state index >= 15 is 0 Å². The van der Waals surface area contributed by atoms with Crippen LogP contribution in [0.1, 0.15) is 18.9 Å². The van der Waals surface area contributed by atoms with Gasteiger partial charge in [0, 0.05) is 5.56 Å². The van der Waals surface area contributed by atoms with E-state index < -0.39 is 29.2 Å². The Morgan fingerprint density at radius 2 is 1.28 bits per heavy atom. The van der Waals surface area contributed by atoms with Gasteiger partial charge in [-0.3, -0.25) is 0 Å². The maximum absolute atomic E-state index is 14.6. The Kier molecular flexibility index (Phi) is 5.86. The van der Waals surface area contributed by atoms with Crippen molar-refractivity contribution in [1.29, 1.82) is 0 Å². The molecule has 0 saturated carbocycles. The number of ether oxygens (including phenoxy) is 1. The second kappa shape index (κ2) is 8.19. The highest BCUT2D eigenvalue weighted by atomic mass is 19.4. The van der Waals surface area contributed by atoms with E-state index in [9.17, 15) is 26.3 Å². The van der Waals surface area contributed by atoms with E-state index in [1.54, 1.807) is 24.3 Å². The molecule has 0 fully saturated rings. The van der Waals surface area contributed by atoms with E-state index in [1.807, 2.05) is 6.92 Å². The van der Waals surface area contributed by atoms with Crippen molar-refractivity contribution in [3.8, 4) is 28.0 Å². The van der Waals surface area contributed by atoms with Crippen molar-refractivity contribution in [3.05, 3.63) is 77.6 Å². The van der Waals surface area contributed by atoms with E-state index in [2.05, 4.69) is 0 Å². The van der Waals surface area contributed by atoms with Gasteiger partial charge < -0.3 is 4.74 Å². The van der Waals surface area contributed by atoms with Gasteiger partial charge in [-0.25, -0.2) is 13.2 Å². The first-order valence-corrected chi connectivity index (χ1v) is 8.80. The molecule has 0 N–H and O–H groups in total. The smallest absolute Gasteiger partial charge is 0.422 e. The van der Waals surface area contributed by atoms with E-state index in [1.165, 1.54) is 12.1 Å². The van der Waals surface area contributed by atoms with Crippen molar-refractivity contribution in [3.63, 3.8) is 0 Å². The lowest BCUT2D eigenvalue weighted by Crippen LogP contribution is -2.11. The molecule has 3 aromatic rings. The third-order valence-corrected chi connectivity index (χ3v) is 4.27. The summed E-state index contributed by atoms with van der Waals surface area (Å²) in [5.41, 5.74) is -1.34. The Morgan fingerprint density at radius 3 is 1.79 bits per heavy atom. The lowest BCUT2D eigenvalue weighted by Gasteiger charge is -2.12. The summed E-state index contributed by atoms with van der Waals surface area (Å²) in [4.78, 5) is 0. The SMILES string of the molecule is CCCOc1ccc(-c2ccc(-c3cc(F)c(C(F)(F)F)c(F)c3)c(F)c2)cc1. The van der Waals surface area contributed by atoms with Crippen LogP contribution in [0, 0.1) is 17.5 Å². The maximum atomic E-state index is 14.6. The van der Waals surface area contributed by atoms with Crippen molar-refractivity contribution in [1.82, 2.24) is 0 Å². The Balaban J connectivity index is 1.92. The van der Waals surface area contributed by atoms with Gasteiger partial charge in [-0.05, 0) is 53.4 Å². The molecule has 152 valence electrons. The normalized spacial score (nSPS) is 11.6. The summed E-state index contributed by atoms with van der Waals surface area (Å²) in [5, 5.41) is 0. The minimum absolute atomic E-state index is 0.205. The van der Waals surface area contributed by atoms with Gasteiger partial charge in [-0.2, -0.15) is 13.2 Å². The van der Waals surface area contributed by atoms with Crippen LogP contribution in [0.4, 0.5) is 26.3 Å². The molecule has 0 aliphatic carbocycles. The van der Waals surface area contributed by atoms with Crippen molar-refractivity contribution in [2.24, 2.45) is 0 Å². The molecule has 3 aromatic carbocycles. The Bertz CT molecular complexity index is 986. The zero-order valence-corrected chi connectivity index (χ0v) is 15.3. The van der Waals surface area contributed by atoms with Crippen molar-refractivity contribution < 1.29 is 31.1 Å². The first-order chi connectivity index (χ1) is 13.7. The molecule has 0 radical (unpaired) electrons. The molecule has 3 rings (SSSR count). The molecule has 0 saturated heterocycles. The zero-order chi connectivity index (χ0) is 21.2. The molecule has 0 aliphatic rings. The third-order valence-electron chi connectivity index (χ3n) is 4.27. The predicted molar refractivity (Wildman–Crippen MR) is 98.0 cm³/mol. The number of alkyl halides is 3. The summed E-state index contributed by atoms with van der Waals surface area (Å²) in [5.74, 6) is -3.73. The summed E-state index contributed by atoms with van der Waals surface area (Å²) >= 11 is 0. The Morgan fingerprint density at radius 1 is 0.724 bits per heavy atom. The fraction of sp³-hybridized carbons (Fsp3) is 0.182. The highest BCUT2D eigenvalue weighted by Crippen LogP contribution is 2.37. The summed E-state index contributed by atoms with van der Waals surface area (Å²) in [6.07, 6.45) is -4.32. The fourth-order valence-electron chi connectivity index (χ4n) is 2.89. The number of benzene rings is 3. The van der Waals surface area contributed by atoms with Crippen LogP contribution in [0.15, 0.2) is 54.6 Å². The van der Waals surface area contributed by atoms with Crippen molar-refractivity contribution in [2.75, 3.05) is 6.61 Å². The quantitative estimate of drug-likeness (QED) is 0.403.